The van der Waals surface area contributed by atoms with Crippen LogP contribution in [0.3, 0.4) is 0 Å². The van der Waals surface area contributed by atoms with Crippen molar-refractivity contribution in [2.24, 2.45) is 0 Å². The molecule has 12 nitrogen and oxygen atoms in total. The second-order valence-electron chi connectivity index (χ2n) is 10.1. The SMILES string of the molecule is CC(C)(C)Nc1c([N+](=O)[O-])c(NC(C)(C)C)c([N+](=O)[O-])c(NC(C)(C)C)c1[N+](=O)[O-]. The summed E-state index contributed by atoms with van der Waals surface area (Å²) in [5, 5.41) is 44.5. The van der Waals surface area contributed by atoms with Gasteiger partial charge < -0.3 is 16.0 Å². The third-order valence-corrected chi connectivity index (χ3v) is 3.47. The number of nitrogens with one attached hydrogen (secondary N) is 3. The molecule has 12 heteroatoms. The van der Waals surface area contributed by atoms with E-state index in [0.717, 1.165) is 0 Å². The molecule has 3 N–H and O–H groups in total. The van der Waals surface area contributed by atoms with Crippen molar-refractivity contribution in [2.45, 2.75) is 78.9 Å². The zero-order valence-electron chi connectivity index (χ0n) is 18.8. The van der Waals surface area contributed by atoms with E-state index >= 15 is 0 Å². The summed E-state index contributed by atoms with van der Waals surface area (Å²) in [6.07, 6.45) is 0. The largest absolute Gasteiger partial charge is 0.369 e. The van der Waals surface area contributed by atoms with E-state index in [9.17, 15) is 30.3 Å². The molecule has 0 saturated carbocycles. The first-order valence-electron chi connectivity index (χ1n) is 9.27. The Hall–Kier alpha value is -3.18. The zero-order valence-corrected chi connectivity index (χ0v) is 18.8. The minimum absolute atomic E-state index is 0.401. The predicted molar refractivity (Wildman–Crippen MR) is 117 cm³/mol. The summed E-state index contributed by atoms with van der Waals surface area (Å²) in [7, 11) is 0. The molecule has 0 heterocycles. The second-order valence-corrected chi connectivity index (χ2v) is 10.1. The summed E-state index contributed by atoms with van der Waals surface area (Å²) in [6.45, 7) is 15.1. The molecule has 168 valence electrons. The van der Waals surface area contributed by atoms with Crippen LogP contribution in [-0.4, -0.2) is 31.4 Å². The van der Waals surface area contributed by atoms with Crippen LogP contribution in [0.4, 0.5) is 34.1 Å². The number of anilines is 3. The van der Waals surface area contributed by atoms with Gasteiger partial charge in [-0.1, -0.05) is 0 Å². The summed E-state index contributed by atoms with van der Waals surface area (Å²) in [5.41, 5.74) is -5.87. The molecular formula is C18H30N6O6. The van der Waals surface area contributed by atoms with Crippen molar-refractivity contribution in [3.05, 3.63) is 30.3 Å². The van der Waals surface area contributed by atoms with Gasteiger partial charge in [0.15, 0.2) is 17.1 Å². The third-order valence-electron chi connectivity index (χ3n) is 3.47. The van der Waals surface area contributed by atoms with Gasteiger partial charge in [-0.15, -0.1) is 0 Å². The van der Waals surface area contributed by atoms with Gasteiger partial charge in [0.2, 0.25) is 0 Å². The quantitative estimate of drug-likeness (QED) is 0.417. The van der Waals surface area contributed by atoms with Gasteiger partial charge >= 0.3 is 17.1 Å². The van der Waals surface area contributed by atoms with Crippen LogP contribution in [0.25, 0.3) is 0 Å². The maximum atomic E-state index is 12.0. The number of nitro groups is 3. The van der Waals surface area contributed by atoms with Gasteiger partial charge in [0.1, 0.15) is 0 Å². The fraction of sp³-hybridized carbons (Fsp3) is 0.667. The smallest absolute Gasteiger partial charge is 0.329 e. The van der Waals surface area contributed by atoms with Crippen LogP contribution < -0.4 is 16.0 Å². The highest BCUT2D eigenvalue weighted by Crippen LogP contribution is 2.54. The highest BCUT2D eigenvalue weighted by Gasteiger charge is 2.45. The summed E-state index contributed by atoms with van der Waals surface area (Å²) in [5.74, 6) is 0. The fourth-order valence-corrected chi connectivity index (χ4v) is 2.74. The van der Waals surface area contributed by atoms with Gasteiger partial charge in [0, 0.05) is 16.6 Å². The minimum Gasteiger partial charge on any atom is -0.369 e. The van der Waals surface area contributed by atoms with Crippen LogP contribution in [0, 0.1) is 30.3 Å². The van der Waals surface area contributed by atoms with Crippen molar-refractivity contribution in [3.63, 3.8) is 0 Å². The summed E-state index contributed by atoms with van der Waals surface area (Å²) < 4.78 is 0. The van der Waals surface area contributed by atoms with Gasteiger partial charge in [-0.05, 0) is 62.3 Å². The van der Waals surface area contributed by atoms with Crippen LogP contribution in [0.15, 0.2) is 0 Å². The van der Waals surface area contributed by atoms with Crippen LogP contribution in [0.2, 0.25) is 0 Å². The maximum Gasteiger partial charge on any atom is 0.329 e. The Morgan fingerprint density at radius 3 is 0.767 bits per heavy atom. The normalized spacial score (nSPS) is 12.3. The molecule has 30 heavy (non-hydrogen) atoms. The average molecular weight is 426 g/mol. The first-order valence-corrected chi connectivity index (χ1v) is 9.27. The summed E-state index contributed by atoms with van der Waals surface area (Å²) in [6, 6.07) is 0. The summed E-state index contributed by atoms with van der Waals surface area (Å²) >= 11 is 0. The third kappa shape index (κ3) is 6.16. The highest BCUT2D eigenvalue weighted by atomic mass is 16.6. The van der Waals surface area contributed by atoms with E-state index in [1.54, 1.807) is 62.3 Å². The number of hydrogen-bond acceptors (Lipinski definition) is 9. The van der Waals surface area contributed by atoms with E-state index < -0.39 is 65.5 Å². The molecule has 0 amide bonds. The van der Waals surface area contributed by atoms with Crippen LogP contribution >= 0.6 is 0 Å². The van der Waals surface area contributed by atoms with Crippen LogP contribution in [-0.2, 0) is 0 Å². The molecule has 1 aromatic carbocycles. The minimum atomic E-state index is -0.844. The Labute approximate surface area is 174 Å². The Bertz CT molecular complexity index is 742. The number of nitrogens with zero attached hydrogens (tertiary/aromatic N) is 3. The molecule has 0 saturated heterocycles. The molecule has 0 radical (unpaired) electrons. The van der Waals surface area contributed by atoms with Crippen LogP contribution in [0.5, 0.6) is 0 Å². The molecule has 0 aliphatic carbocycles. The maximum absolute atomic E-state index is 12.0. The lowest BCUT2D eigenvalue weighted by Crippen LogP contribution is -2.32. The van der Waals surface area contributed by atoms with Crippen molar-refractivity contribution in [3.8, 4) is 0 Å². The highest BCUT2D eigenvalue weighted by molar-refractivity contribution is 6.00. The molecular weight excluding hydrogens is 396 g/mol. The molecule has 1 aromatic rings. The van der Waals surface area contributed by atoms with E-state index in [-0.39, 0.29) is 0 Å². The van der Waals surface area contributed by atoms with Gasteiger partial charge in [0.05, 0.1) is 14.8 Å². The lowest BCUT2D eigenvalue weighted by Gasteiger charge is -2.28. The van der Waals surface area contributed by atoms with Crippen molar-refractivity contribution < 1.29 is 14.8 Å². The first kappa shape index (κ1) is 24.9. The Balaban J connectivity index is 4.34. The topological polar surface area (TPSA) is 166 Å². The standard InChI is InChI=1S/C18H30N6O6/c1-16(2,3)19-10-13(22(25)26)11(20-17(4,5)6)15(24(29)30)12(14(10)23(27)28)21-18(7,8)9/h19-21H,1-9H3. The fourth-order valence-electron chi connectivity index (χ4n) is 2.74. The number of nitro benzene ring substituents is 3. The molecule has 0 atom stereocenters. The molecule has 0 unspecified atom stereocenters. The first-order chi connectivity index (χ1) is 13.2. The molecule has 0 aromatic heterocycles. The van der Waals surface area contributed by atoms with Gasteiger partial charge in [-0.25, -0.2) is 0 Å². The zero-order chi connectivity index (χ0) is 23.8. The second kappa shape index (κ2) is 7.92. The van der Waals surface area contributed by atoms with E-state index in [0.29, 0.717) is 0 Å². The molecule has 0 aliphatic rings. The molecule has 0 spiro atoms. The predicted octanol–water partition coefficient (Wildman–Crippen LogP) is 5.04. The molecule has 1 rings (SSSR count). The van der Waals surface area contributed by atoms with Crippen molar-refractivity contribution in [1.29, 1.82) is 0 Å². The summed E-state index contributed by atoms with van der Waals surface area (Å²) in [4.78, 5) is 33.5. The van der Waals surface area contributed by atoms with Crippen molar-refractivity contribution in [2.75, 3.05) is 16.0 Å². The van der Waals surface area contributed by atoms with E-state index in [2.05, 4.69) is 16.0 Å². The lowest BCUT2D eigenvalue weighted by molar-refractivity contribution is -0.399. The lowest BCUT2D eigenvalue weighted by atomic mass is 10.0. The van der Waals surface area contributed by atoms with Gasteiger partial charge in [-0.2, -0.15) is 0 Å². The van der Waals surface area contributed by atoms with Gasteiger partial charge in [0.25, 0.3) is 0 Å². The van der Waals surface area contributed by atoms with E-state index in [4.69, 9.17) is 0 Å². The number of rotatable bonds is 6. The molecule has 0 bridgehead atoms. The van der Waals surface area contributed by atoms with Gasteiger partial charge in [-0.3, -0.25) is 30.3 Å². The number of benzene rings is 1. The molecule has 0 fully saturated rings. The molecule has 0 aliphatic heterocycles. The Morgan fingerprint density at radius 2 is 0.667 bits per heavy atom. The van der Waals surface area contributed by atoms with Crippen molar-refractivity contribution >= 4 is 34.1 Å². The average Bonchev–Trinajstić information content (AvgIpc) is 2.40. The Morgan fingerprint density at radius 1 is 0.500 bits per heavy atom. The van der Waals surface area contributed by atoms with E-state index in [1.807, 2.05) is 0 Å². The number of hydrogen-bond donors (Lipinski definition) is 3. The Kier molecular flexibility index (Phi) is 6.56. The van der Waals surface area contributed by atoms with Crippen LogP contribution in [0.1, 0.15) is 62.3 Å². The monoisotopic (exact) mass is 426 g/mol. The van der Waals surface area contributed by atoms with Crippen molar-refractivity contribution in [1.82, 2.24) is 0 Å². The van der Waals surface area contributed by atoms with E-state index in [1.165, 1.54) is 0 Å².